The van der Waals surface area contributed by atoms with E-state index in [1.54, 1.807) is 12.5 Å². The van der Waals surface area contributed by atoms with Gasteiger partial charge in [-0.3, -0.25) is 5.10 Å². The van der Waals surface area contributed by atoms with Crippen molar-refractivity contribution in [1.29, 1.82) is 0 Å². The van der Waals surface area contributed by atoms with Gasteiger partial charge in [-0.25, -0.2) is 0 Å². The Kier molecular flexibility index (Phi) is 2.79. The molecular weight excluding hydrogens is 242 g/mol. The average molecular weight is 257 g/mol. The lowest BCUT2D eigenvalue weighted by Gasteiger charge is -2.09. The molecule has 98 valence electrons. The molecule has 3 aromatic rings. The average Bonchev–Trinajstić information content (AvgIpc) is 3.03. The van der Waals surface area contributed by atoms with Crippen molar-refractivity contribution in [3.05, 3.63) is 30.5 Å². The van der Waals surface area contributed by atoms with Crippen molar-refractivity contribution in [2.24, 2.45) is 0 Å². The number of nitrogens with two attached hydrogens (primary N) is 1. The molecule has 7 heteroatoms. The predicted octanol–water partition coefficient (Wildman–Crippen LogP) is 1.37. The molecular formula is C12H15N7. The fourth-order valence-electron chi connectivity index (χ4n) is 2.02. The van der Waals surface area contributed by atoms with E-state index in [4.69, 9.17) is 5.73 Å². The lowest BCUT2D eigenvalue weighted by molar-refractivity contribution is 0.708. The molecule has 19 heavy (non-hydrogen) atoms. The highest BCUT2D eigenvalue weighted by atomic mass is 15.3. The van der Waals surface area contributed by atoms with Gasteiger partial charge in [0.25, 0.3) is 0 Å². The standard InChI is InChI=1S/C12H15N7/c1-2-19-7-16-18-12(19)6-14-11-4-10-8(3-9(11)13)5-15-17-10/h3-5,7,14H,2,6,13H2,1H3,(H,15,17). The lowest BCUT2D eigenvalue weighted by atomic mass is 10.2. The normalized spacial score (nSPS) is 11.0. The van der Waals surface area contributed by atoms with Crippen molar-refractivity contribution in [2.75, 3.05) is 11.1 Å². The molecule has 4 N–H and O–H groups in total. The van der Waals surface area contributed by atoms with Gasteiger partial charge in [-0.05, 0) is 19.1 Å². The maximum absolute atomic E-state index is 6.01. The Bertz CT molecular complexity index is 697. The van der Waals surface area contributed by atoms with Crippen LogP contribution in [0.2, 0.25) is 0 Å². The molecule has 1 aromatic carbocycles. The zero-order chi connectivity index (χ0) is 13.2. The molecule has 0 amide bonds. The minimum absolute atomic E-state index is 0.581. The van der Waals surface area contributed by atoms with Crippen LogP contribution in [0.4, 0.5) is 11.4 Å². The van der Waals surface area contributed by atoms with Crippen molar-refractivity contribution in [3.8, 4) is 0 Å². The molecule has 0 spiro atoms. The molecule has 0 saturated carbocycles. The molecule has 0 unspecified atom stereocenters. The first-order valence-electron chi connectivity index (χ1n) is 6.11. The first-order valence-corrected chi connectivity index (χ1v) is 6.11. The highest BCUT2D eigenvalue weighted by Crippen LogP contribution is 2.24. The van der Waals surface area contributed by atoms with E-state index in [9.17, 15) is 0 Å². The summed E-state index contributed by atoms with van der Waals surface area (Å²) in [4.78, 5) is 0. The number of aryl methyl sites for hydroxylation is 1. The fraction of sp³-hybridized carbons (Fsp3) is 0.250. The SMILES string of the molecule is CCn1cnnc1CNc1cc2[nH]ncc2cc1N. The minimum Gasteiger partial charge on any atom is -0.397 e. The number of nitrogens with zero attached hydrogens (tertiary/aromatic N) is 4. The number of hydrogen-bond acceptors (Lipinski definition) is 5. The number of benzene rings is 1. The van der Waals surface area contributed by atoms with E-state index < -0.39 is 0 Å². The summed E-state index contributed by atoms with van der Waals surface area (Å²) in [5, 5.41) is 19.2. The number of rotatable bonds is 4. The van der Waals surface area contributed by atoms with E-state index in [0.29, 0.717) is 12.2 Å². The van der Waals surface area contributed by atoms with Crippen LogP contribution in [-0.2, 0) is 13.1 Å². The van der Waals surface area contributed by atoms with Crippen LogP contribution < -0.4 is 11.1 Å². The van der Waals surface area contributed by atoms with Crippen LogP contribution in [-0.4, -0.2) is 25.0 Å². The third-order valence-electron chi connectivity index (χ3n) is 3.08. The quantitative estimate of drug-likeness (QED) is 0.613. The third kappa shape index (κ3) is 2.10. The second-order valence-corrected chi connectivity index (χ2v) is 4.28. The van der Waals surface area contributed by atoms with Crippen molar-refractivity contribution in [1.82, 2.24) is 25.0 Å². The number of aromatic nitrogens is 5. The molecule has 0 aliphatic heterocycles. The number of nitrogens with one attached hydrogen (secondary N) is 2. The summed E-state index contributed by atoms with van der Waals surface area (Å²) < 4.78 is 1.98. The molecule has 2 aromatic heterocycles. The minimum atomic E-state index is 0.581. The summed E-state index contributed by atoms with van der Waals surface area (Å²) in [5.74, 6) is 0.881. The number of anilines is 2. The molecule has 0 bridgehead atoms. The molecule has 0 saturated heterocycles. The van der Waals surface area contributed by atoms with Crippen LogP contribution in [0.25, 0.3) is 10.9 Å². The smallest absolute Gasteiger partial charge is 0.152 e. The topological polar surface area (TPSA) is 97.4 Å². The number of fused-ring (bicyclic) bond motifs is 1. The first-order chi connectivity index (χ1) is 9.28. The number of H-pyrrole nitrogens is 1. The van der Waals surface area contributed by atoms with Gasteiger partial charge in [0.05, 0.1) is 29.6 Å². The third-order valence-corrected chi connectivity index (χ3v) is 3.08. The summed E-state index contributed by atoms with van der Waals surface area (Å²) in [6.07, 6.45) is 3.47. The van der Waals surface area contributed by atoms with Gasteiger partial charge >= 0.3 is 0 Å². The van der Waals surface area contributed by atoms with Gasteiger partial charge in [0.1, 0.15) is 6.33 Å². The second-order valence-electron chi connectivity index (χ2n) is 4.28. The largest absolute Gasteiger partial charge is 0.397 e. The van der Waals surface area contributed by atoms with Crippen LogP contribution in [0.3, 0.4) is 0 Å². The molecule has 7 nitrogen and oxygen atoms in total. The monoisotopic (exact) mass is 257 g/mol. The summed E-state index contributed by atoms with van der Waals surface area (Å²) in [6, 6.07) is 3.84. The van der Waals surface area contributed by atoms with E-state index >= 15 is 0 Å². The Morgan fingerprint density at radius 2 is 2.32 bits per heavy atom. The Morgan fingerprint density at radius 1 is 1.42 bits per heavy atom. The lowest BCUT2D eigenvalue weighted by Crippen LogP contribution is -2.08. The van der Waals surface area contributed by atoms with Gasteiger partial charge in [-0.1, -0.05) is 0 Å². The summed E-state index contributed by atoms with van der Waals surface area (Å²) in [7, 11) is 0. The van der Waals surface area contributed by atoms with Crippen LogP contribution in [0.1, 0.15) is 12.7 Å². The van der Waals surface area contributed by atoms with Crippen LogP contribution in [0.15, 0.2) is 24.7 Å². The van der Waals surface area contributed by atoms with Crippen molar-refractivity contribution in [2.45, 2.75) is 20.0 Å². The van der Waals surface area contributed by atoms with E-state index in [-0.39, 0.29) is 0 Å². The Hall–Kier alpha value is -2.57. The molecule has 0 atom stereocenters. The Labute approximate surface area is 109 Å². The fourth-order valence-corrected chi connectivity index (χ4v) is 2.02. The van der Waals surface area contributed by atoms with E-state index in [0.717, 1.165) is 29.0 Å². The van der Waals surface area contributed by atoms with Gasteiger partial charge in [-0.15, -0.1) is 10.2 Å². The zero-order valence-electron chi connectivity index (χ0n) is 10.6. The van der Waals surface area contributed by atoms with E-state index in [2.05, 4.69) is 32.6 Å². The number of hydrogen-bond donors (Lipinski definition) is 3. The van der Waals surface area contributed by atoms with Crippen molar-refractivity contribution < 1.29 is 0 Å². The molecule has 0 radical (unpaired) electrons. The van der Waals surface area contributed by atoms with Gasteiger partial charge in [0, 0.05) is 11.9 Å². The van der Waals surface area contributed by atoms with E-state index in [1.807, 2.05) is 16.7 Å². The van der Waals surface area contributed by atoms with Gasteiger partial charge in [0.2, 0.25) is 0 Å². The van der Waals surface area contributed by atoms with Crippen molar-refractivity contribution in [3.63, 3.8) is 0 Å². The number of aromatic amines is 1. The molecule has 3 rings (SSSR count). The van der Waals surface area contributed by atoms with Crippen LogP contribution in [0, 0.1) is 0 Å². The maximum Gasteiger partial charge on any atom is 0.152 e. The van der Waals surface area contributed by atoms with Gasteiger partial charge in [0.15, 0.2) is 5.82 Å². The summed E-state index contributed by atoms with van der Waals surface area (Å²) in [6.45, 7) is 3.48. The zero-order valence-corrected chi connectivity index (χ0v) is 10.6. The van der Waals surface area contributed by atoms with Crippen molar-refractivity contribution >= 4 is 22.3 Å². The predicted molar refractivity (Wildman–Crippen MR) is 73.5 cm³/mol. The Morgan fingerprint density at radius 3 is 3.16 bits per heavy atom. The molecule has 2 heterocycles. The molecule has 0 aliphatic carbocycles. The molecule has 0 aliphatic rings. The summed E-state index contributed by atoms with van der Waals surface area (Å²) >= 11 is 0. The molecule has 0 fully saturated rings. The Balaban J connectivity index is 1.83. The van der Waals surface area contributed by atoms with Crippen LogP contribution in [0.5, 0.6) is 0 Å². The highest BCUT2D eigenvalue weighted by molar-refractivity contribution is 5.88. The number of nitrogen functional groups attached to an aromatic ring is 1. The maximum atomic E-state index is 6.01. The second kappa shape index (κ2) is 4.60. The van der Waals surface area contributed by atoms with Gasteiger partial charge in [-0.2, -0.15) is 5.10 Å². The first kappa shape index (κ1) is 11.5. The highest BCUT2D eigenvalue weighted by Gasteiger charge is 2.06. The van der Waals surface area contributed by atoms with Crippen LogP contribution >= 0.6 is 0 Å². The summed E-state index contributed by atoms with van der Waals surface area (Å²) in [5.41, 5.74) is 8.52. The van der Waals surface area contributed by atoms with E-state index in [1.165, 1.54) is 0 Å². The van der Waals surface area contributed by atoms with Gasteiger partial charge < -0.3 is 15.6 Å².